The van der Waals surface area contributed by atoms with E-state index in [1.54, 1.807) is 0 Å². The van der Waals surface area contributed by atoms with Crippen molar-refractivity contribution in [2.24, 2.45) is 23.3 Å². The average Bonchev–Trinajstić information content (AvgIpc) is 2.18. The fourth-order valence-electron chi connectivity index (χ4n) is 3.45. The summed E-state index contributed by atoms with van der Waals surface area (Å²) >= 11 is 0. The molecule has 0 saturated heterocycles. The molecule has 2 unspecified atom stereocenters. The first-order valence-corrected chi connectivity index (χ1v) is 6.27. The second-order valence-corrected chi connectivity index (χ2v) is 5.39. The van der Waals surface area contributed by atoms with Gasteiger partial charge in [0.05, 0.1) is 0 Å². The van der Waals surface area contributed by atoms with Crippen molar-refractivity contribution in [1.82, 2.24) is 0 Å². The summed E-state index contributed by atoms with van der Waals surface area (Å²) in [4.78, 5) is 0. The zero-order valence-corrected chi connectivity index (χ0v) is 9.12. The minimum absolute atomic E-state index is 0.380. The molecule has 2 aliphatic carbocycles. The van der Waals surface area contributed by atoms with Crippen molar-refractivity contribution in [2.75, 3.05) is 0 Å². The van der Waals surface area contributed by atoms with E-state index in [9.17, 15) is 0 Å². The normalized spacial score (nSPS) is 41.1. The Hall–Kier alpha value is -0.0800. The fraction of sp³-hybridized carbons (Fsp3) is 1.00. The second kappa shape index (κ2) is 4.63. The van der Waals surface area contributed by atoms with Gasteiger partial charge in [0.25, 0.3) is 0 Å². The number of rotatable bonds is 1. The van der Waals surface area contributed by atoms with Crippen LogP contribution in [0.25, 0.3) is 0 Å². The van der Waals surface area contributed by atoms with Gasteiger partial charge in [0, 0.05) is 12.1 Å². The predicted octanol–water partition coefficient (Wildman–Crippen LogP) is 2.02. The number of hydrogen-bond acceptors (Lipinski definition) is 2. The van der Waals surface area contributed by atoms with Crippen LogP contribution < -0.4 is 11.5 Å². The highest BCUT2D eigenvalue weighted by atomic mass is 14.7. The number of hydrogen-bond donors (Lipinski definition) is 2. The summed E-state index contributed by atoms with van der Waals surface area (Å²) in [6.45, 7) is 0. The molecule has 2 atom stereocenters. The number of nitrogens with two attached hydrogens (primary N) is 2. The molecule has 2 rings (SSSR count). The molecule has 0 bridgehead atoms. The zero-order chi connectivity index (χ0) is 9.97. The van der Waals surface area contributed by atoms with Crippen molar-refractivity contribution < 1.29 is 0 Å². The molecular weight excluding hydrogens is 172 g/mol. The van der Waals surface area contributed by atoms with Crippen LogP contribution >= 0.6 is 0 Å². The molecule has 2 aliphatic rings. The molecule has 0 spiro atoms. The van der Waals surface area contributed by atoms with Crippen LogP contribution in [0.15, 0.2) is 0 Å². The molecule has 2 fully saturated rings. The summed E-state index contributed by atoms with van der Waals surface area (Å²) in [7, 11) is 0. The summed E-state index contributed by atoms with van der Waals surface area (Å²) in [5.41, 5.74) is 12.1. The van der Waals surface area contributed by atoms with E-state index in [1.165, 1.54) is 44.9 Å². The Balaban J connectivity index is 1.88. The summed E-state index contributed by atoms with van der Waals surface area (Å²) < 4.78 is 0. The lowest BCUT2D eigenvalue weighted by Gasteiger charge is -2.37. The van der Waals surface area contributed by atoms with Gasteiger partial charge in [-0.05, 0) is 31.1 Å². The van der Waals surface area contributed by atoms with E-state index in [0.717, 1.165) is 18.3 Å². The minimum atomic E-state index is 0.380. The van der Waals surface area contributed by atoms with Crippen molar-refractivity contribution in [3.63, 3.8) is 0 Å². The molecule has 0 aromatic carbocycles. The maximum Gasteiger partial charge on any atom is 0.00563 e. The fourth-order valence-corrected chi connectivity index (χ4v) is 3.45. The Kier molecular flexibility index (Phi) is 3.45. The van der Waals surface area contributed by atoms with Crippen LogP contribution in [0.1, 0.15) is 51.4 Å². The highest BCUT2D eigenvalue weighted by Gasteiger charge is 2.30. The maximum absolute atomic E-state index is 6.04. The van der Waals surface area contributed by atoms with Gasteiger partial charge in [-0.15, -0.1) is 0 Å². The average molecular weight is 196 g/mol. The van der Waals surface area contributed by atoms with E-state index in [2.05, 4.69) is 0 Å². The van der Waals surface area contributed by atoms with Crippen molar-refractivity contribution in [2.45, 2.75) is 63.5 Å². The summed E-state index contributed by atoms with van der Waals surface area (Å²) in [5.74, 6) is 1.79. The minimum Gasteiger partial charge on any atom is -0.328 e. The van der Waals surface area contributed by atoms with E-state index in [-0.39, 0.29) is 0 Å². The van der Waals surface area contributed by atoms with E-state index >= 15 is 0 Å². The first kappa shape index (κ1) is 10.4. The highest BCUT2D eigenvalue weighted by Crippen LogP contribution is 2.37. The third-order valence-electron chi connectivity index (χ3n) is 4.13. The smallest absolute Gasteiger partial charge is 0.00563 e. The third-order valence-corrected chi connectivity index (χ3v) is 4.13. The lowest BCUT2D eigenvalue weighted by Crippen LogP contribution is -2.42. The van der Waals surface area contributed by atoms with Crippen LogP contribution in [0.3, 0.4) is 0 Å². The quantitative estimate of drug-likeness (QED) is 0.674. The van der Waals surface area contributed by atoms with Gasteiger partial charge in [0.1, 0.15) is 0 Å². The monoisotopic (exact) mass is 196 g/mol. The van der Waals surface area contributed by atoms with E-state index < -0.39 is 0 Å². The molecule has 0 heterocycles. The molecule has 2 nitrogen and oxygen atoms in total. The molecule has 0 amide bonds. The van der Waals surface area contributed by atoms with E-state index in [0.29, 0.717) is 12.1 Å². The largest absolute Gasteiger partial charge is 0.328 e. The molecule has 14 heavy (non-hydrogen) atoms. The van der Waals surface area contributed by atoms with Gasteiger partial charge < -0.3 is 11.5 Å². The van der Waals surface area contributed by atoms with Crippen LogP contribution in [-0.2, 0) is 0 Å². The first-order chi connectivity index (χ1) is 6.75. The molecular formula is C12H24N2. The van der Waals surface area contributed by atoms with Crippen molar-refractivity contribution in [1.29, 1.82) is 0 Å². The van der Waals surface area contributed by atoms with Gasteiger partial charge in [-0.2, -0.15) is 0 Å². The zero-order valence-electron chi connectivity index (χ0n) is 9.12. The van der Waals surface area contributed by atoms with Crippen molar-refractivity contribution in [3.05, 3.63) is 0 Å². The lowest BCUT2D eigenvalue weighted by atomic mass is 9.71. The summed E-state index contributed by atoms with van der Waals surface area (Å²) in [6.07, 6.45) is 10.7. The Morgan fingerprint density at radius 3 is 1.79 bits per heavy atom. The Bertz CT molecular complexity index is 165. The van der Waals surface area contributed by atoms with Crippen LogP contribution in [0, 0.1) is 11.8 Å². The molecule has 2 heteroatoms. The molecule has 82 valence electrons. The van der Waals surface area contributed by atoms with Crippen molar-refractivity contribution >= 4 is 0 Å². The highest BCUT2D eigenvalue weighted by molar-refractivity contribution is 4.87. The summed E-state index contributed by atoms with van der Waals surface area (Å²) in [5, 5.41) is 0. The van der Waals surface area contributed by atoms with Crippen LogP contribution in [0.4, 0.5) is 0 Å². The maximum atomic E-state index is 6.04. The first-order valence-electron chi connectivity index (χ1n) is 6.27. The predicted molar refractivity (Wildman–Crippen MR) is 59.9 cm³/mol. The van der Waals surface area contributed by atoms with Gasteiger partial charge in [-0.25, -0.2) is 0 Å². The molecule has 0 aromatic rings. The van der Waals surface area contributed by atoms with Crippen molar-refractivity contribution in [3.8, 4) is 0 Å². The third kappa shape index (κ3) is 2.48. The van der Waals surface area contributed by atoms with Gasteiger partial charge in [0.15, 0.2) is 0 Å². The topological polar surface area (TPSA) is 52.0 Å². The SMILES string of the molecule is NC1CC(N)CC(C2CCCCC2)C1. The van der Waals surface area contributed by atoms with Crippen LogP contribution in [0.2, 0.25) is 0 Å². The van der Waals surface area contributed by atoms with Gasteiger partial charge >= 0.3 is 0 Å². The van der Waals surface area contributed by atoms with E-state index in [1.807, 2.05) is 0 Å². The Morgan fingerprint density at radius 1 is 0.643 bits per heavy atom. The Labute approximate surface area is 87.4 Å². The van der Waals surface area contributed by atoms with Gasteiger partial charge in [0.2, 0.25) is 0 Å². The molecule has 0 aliphatic heterocycles. The van der Waals surface area contributed by atoms with Crippen LogP contribution in [0.5, 0.6) is 0 Å². The van der Waals surface area contributed by atoms with Crippen LogP contribution in [-0.4, -0.2) is 12.1 Å². The van der Waals surface area contributed by atoms with Gasteiger partial charge in [-0.1, -0.05) is 32.1 Å². The molecule has 2 saturated carbocycles. The molecule has 0 aromatic heterocycles. The molecule has 4 N–H and O–H groups in total. The van der Waals surface area contributed by atoms with E-state index in [4.69, 9.17) is 11.5 Å². The summed E-state index contributed by atoms with van der Waals surface area (Å²) in [6, 6.07) is 0.761. The Morgan fingerprint density at radius 2 is 1.21 bits per heavy atom. The molecule has 0 radical (unpaired) electrons. The lowest BCUT2D eigenvalue weighted by molar-refractivity contribution is 0.171. The standard InChI is InChI=1S/C12H24N2/c13-11-6-10(7-12(14)8-11)9-4-2-1-3-5-9/h9-12H,1-8,13-14H2. The second-order valence-electron chi connectivity index (χ2n) is 5.39. The van der Waals surface area contributed by atoms with Gasteiger partial charge in [-0.3, -0.25) is 0 Å².